The second-order valence-corrected chi connectivity index (χ2v) is 10.5. The van der Waals surface area contributed by atoms with Crippen molar-refractivity contribution in [2.45, 2.75) is 82.5 Å². The van der Waals surface area contributed by atoms with Gasteiger partial charge in [-0.3, -0.25) is 9.78 Å². The number of amides is 2. The maximum atomic E-state index is 12.9. The van der Waals surface area contributed by atoms with Crippen LogP contribution in [0.1, 0.15) is 77.1 Å². The Kier molecular flexibility index (Phi) is 6.19. The van der Waals surface area contributed by atoms with Crippen molar-refractivity contribution in [2.24, 2.45) is 5.73 Å². The van der Waals surface area contributed by atoms with E-state index in [1.165, 1.54) is 0 Å². The molecule has 3 N–H and O–H groups in total. The van der Waals surface area contributed by atoms with Gasteiger partial charge in [0.15, 0.2) is 0 Å². The summed E-state index contributed by atoms with van der Waals surface area (Å²) in [7, 11) is 0. The summed E-state index contributed by atoms with van der Waals surface area (Å²) < 4.78 is 5.90. The van der Waals surface area contributed by atoms with Gasteiger partial charge in [-0.2, -0.15) is 0 Å². The fraction of sp³-hybridized carbons (Fsp3) is 0.519. The van der Waals surface area contributed by atoms with Crippen molar-refractivity contribution in [3.05, 3.63) is 53.7 Å². The zero-order chi connectivity index (χ0) is 24.7. The van der Waals surface area contributed by atoms with Crippen LogP contribution in [0.5, 0.6) is 0 Å². The highest BCUT2D eigenvalue weighted by atomic mass is 16.6. The summed E-state index contributed by atoms with van der Waals surface area (Å²) in [6.45, 7) is 8.06. The standard InChI is InChI=1S/C27H35N3O4/c1-5-26(17-25(3,4)33)15-16-30(24(32)34-26)18(2)19-9-11-20(12-10-19)21-7-6-8-22(29-21)27(13-14-27)23(28)31/h6-12,18,33H,5,13-17H2,1-4H3,(H2,28,31). The van der Waals surface area contributed by atoms with Crippen LogP contribution in [-0.2, 0) is 14.9 Å². The van der Waals surface area contributed by atoms with Gasteiger partial charge in [0.05, 0.1) is 28.4 Å². The van der Waals surface area contributed by atoms with E-state index in [4.69, 9.17) is 15.5 Å². The van der Waals surface area contributed by atoms with Gasteiger partial charge in [0.25, 0.3) is 0 Å². The molecule has 1 aromatic carbocycles. The number of benzene rings is 1. The Balaban J connectivity index is 1.48. The molecule has 2 aromatic rings. The molecule has 1 saturated heterocycles. The SMILES string of the molecule is CCC1(CC(C)(C)O)CCN(C(C)c2ccc(-c3cccc(C4(C(N)=O)CC4)n3)cc2)C(=O)O1. The number of hydrogen-bond acceptors (Lipinski definition) is 5. The van der Waals surface area contributed by atoms with E-state index < -0.39 is 16.6 Å². The van der Waals surface area contributed by atoms with E-state index >= 15 is 0 Å². The zero-order valence-electron chi connectivity index (χ0n) is 20.5. The Hall–Kier alpha value is -2.93. The van der Waals surface area contributed by atoms with Gasteiger partial charge >= 0.3 is 6.09 Å². The molecule has 2 amide bonds. The third-order valence-electron chi connectivity index (χ3n) is 7.36. The molecule has 0 bridgehead atoms. The minimum atomic E-state index is -0.901. The molecule has 0 spiro atoms. The van der Waals surface area contributed by atoms with E-state index in [1.54, 1.807) is 18.7 Å². The molecule has 2 unspecified atom stereocenters. The quantitative estimate of drug-likeness (QED) is 0.598. The molecule has 2 heterocycles. The summed E-state index contributed by atoms with van der Waals surface area (Å²) >= 11 is 0. The number of primary amides is 1. The van der Waals surface area contributed by atoms with Gasteiger partial charge in [-0.25, -0.2) is 4.79 Å². The minimum Gasteiger partial charge on any atom is -0.443 e. The lowest BCUT2D eigenvalue weighted by molar-refractivity contribution is -0.120. The van der Waals surface area contributed by atoms with Crippen molar-refractivity contribution in [3.8, 4) is 11.3 Å². The number of carbonyl (C=O) groups excluding carboxylic acids is 2. The van der Waals surface area contributed by atoms with Crippen molar-refractivity contribution in [3.63, 3.8) is 0 Å². The Labute approximate surface area is 201 Å². The summed E-state index contributed by atoms with van der Waals surface area (Å²) in [5.74, 6) is -0.315. The topological polar surface area (TPSA) is 106 Å². The number of ether oxygens (including phenoxy) is 1. The smallest absolute Gasteiger partial charge is 0.410 e. The molecule has 2 fully saturated rings. The van der Waals surface area contributed by atoms with E-state index in [-0.39, 0.29) is 18.0 Å². The van der Waals surface area contributed by atoms with Crippen molar-refractivity contribution >= 4 is 12.0 Å². The summed E-state index contributed by atoms with van der Waals surface area (Å²) in [4.78, 5) is 31.3. The highest BCUT2D eigenvalue weighted by molar-refractivity contribution is 5.89. The van der Waals surface area contributed by atoms with Crippen LogP contribution < -0.4 is 5.73 Å². The number of aliphatic hydroxyl groups is 1. The Bertz CT molecular complexity index is 1070. The molecule has 4 rings (SSSR count). The van der Waals surface area contributed by atoms with Gasteiger partial charge < -0.3 is 20.5 Å². The molecule has 0 radical (unpaired) electrons. The lowest BCUT2D eigenvalue weighted by Crippen LogP contribution is -2.52. The van der Waals surface area contributed by atoms with Crippen molar-refractivity contribution in [1.82, 2.24) is 9.88 Å². The van der Waals surface area contributed by atoms with Crippen LogP contribution in [0, 0.1) is 0 Å². The number of hydrogen-bond donors (Lipinski definition) is 2. The van der Waals surface area contributed by atoms with Crippen molar-refractivity contribution in [1.29, 1.82) is 0 Å². The number of nitrogens with zero attached hydrogens (tertiary/aromatic N) is 2. The fourth-order valence-corrected chi connectivity index (χ4v) is 5.08. The molecule has 1 saturated carbocycles. The lowest BCUT2D eigenvalue weighted by atomic mass is 9.83. The second-order valence-electron chi connectivity index (χ2n) is 10.5. The van der Waals surface area contributed by atoms with Gasteiger partial charge in [0.1, 0.15) is 5.60 Å². The average Bonchev–Trinajstić information content (AvgIpc) is 3.60. The van der Waals surface area contributed by atoms with E-state index in [1.807, 2.05) is 56.3 Å². The summed E-state index contributed by atoms with van der Waals surface area (Å²) in [6, 6.07) is 13.5. The third-order valence-corrected chi connectivity index (χ3v) is 7.36. The first-order chi connectivity index (χ1) is 16.0. The average molecular weight is 466 g/mol. The largest absolute Gasteiger partial charge is 0.443 e. The van der Waals surface area contributed by atoms with E-state index in [0.29, 0.717) is 25.8 Å². The van der Waals surface area contributed by atoms with Crippen LogP contribution in [0.3, 0.4) is 0 Å². The minimum absolute atomic E-state index is 0.151. The predicted molar refractivity (Wildman–Crippen MR) is 130 cm³/mol. The Morgan fingerprint density at radius 3 is 2.41 bits per heavy atom. The molecule has 7 heteroatoms. The normalized spacial score (nSPS) is 22.7. The van der Waals surface area contributed by atoms with E-state index in [9.17, 15) is 14.7 Å². The summed E-state index contributed by atoms with van der Waals surface area (Å²) in [5.41, 5.74) is 6.93. The first kappa shape index (κ1) is 24.2. The number of carbonyl (C=O) groups is 2. The van der Waals surface area contributed by atoms with Crippen LogP contribution in [0.15, 0.2) is 42.5 Å². The van der Waals surface area contributed by atoms with Gasteiger partial charge in [-0.1, -0.05) is 37.3 Å². The van der Waals surface area contributed by atoms with Crippen molar-refractivity contribution in [2.75, 3.05) is 6.54 Å². The first-order valence-corrected chi connectivity index (χ1v) is 12.1. The Morgan fingerprint density at radius 1 is 1.21 bits per heavy atom. The Morgan fingerprint density at radius 2 is 1.88 bits per heavy atom. The monoisotopic (exact) mass is 465 g/mol. The molecule has 1 aliphatic heterocycles. The van der Waals surface area contributed by atoms with Gasteiger partial charge in [0.2, 0.25) is 5.91 Å². The van der Waals surface area contributed by atoms with Crippen LogP contribution >= 0.6 is 0 Å². The highest BCUT2D eigenvalue weighted by Gasteiger charge is 2.51. The van der Waals surface area contributed by atoms with Gasteiger partial charge in [-0.15, -0.1) is 0 Å². The predicted octanol–water partition coefficient (Wildman–Crippen LogP) is 4.48. The van der Waals surface area contributed by atoms with Gasteiger partial charge in [0, 0.05) is 24.9 Å². The zero-order valence-corrected chi connectivity index (χ0v) is 20.5. The number of aromatic nitrogens is 1. The van der Waals surface area contributed by atoms with Crippen LogP contribution in [0.2, 0.25) is 0 Å². The maximum absolute atomic E-state index is 12.9. The molecule has 2 atom stereocenters. The molecule has 7 nitrogen and oxygen atoms in total. The molecule has 1 aromatic heterocycles. The maximum Gasteiger partial charge on any atom is 0.410 e. The highest BCUT2D eigenvalue weighted by Crippen LogP contribution is 2.47. The molecule has 34 heavy (non-hydrogen) atoms. The second kappa shape index (κ2) is 8.69. The molecular formula is C27H35N3O4. The molecule has 1 aliphatic carbocycles. The number of rotatable bonds is 8. The van der Waals surface area contributed by atoms with E-state index in [2.05, 4.69) is 0 Å². The van der Waals surface area contributed by atoms with Crippen LogP contribution in [0.25, 0.3) is 11.3 Å². The number of pyridine rings is 1. The lowest BCUT2D eigenvalue weighted by Gasteiger charge is -2.44. The third kappa shape index (κ3) is 4.67. The van der Waals surface area contributed by atoms with Crippen LogP contribution in [-0.4, -0.2) is 44.7 Å². The number of cyclic esters (lactones) is 1. The molecule has 2 aliphatic rings. The summed E-state index contributed by atoms with van der Waals surface area (Å²) in [6.07, 6.45) is 2.92. The first-order valence-electron chi connectivity index (χ1n) is 12.1. The van der Waals surface area contributed by atoms with Crippen molar-refractivity contribution < 1.29 is 19.4 Å². The number of nitrogens with two attached hydrogens (primary N) is 1. The van der Waals surface area contributed by atoms with E-state index in [0.717, 1.165) is 35.4 Å². The summed E-state index contributed by atoms with van der Waals surface area (Å²) in [5, 5.41) is 10.3. The fourth-order valence-electron chi connectivity index (χ4n) is 5.08. The van der Waals surface area contributed by atoms with Gasteiger partial charge in [-0.05, 0) is 57.7 Å². The van der Waals surface area contributed by atoms with Crippen LogP contribution in [0.4, 0.5) is 4.79 Å². The molecule has 182 valence electrons. The molecular weight excluding hydrogens is 430 g/mol.